The molecule has 0 saturated carbocycles. The number of aliphatic hydroxyl groups excluding tert-OH is 5. The van der Waals surface area contributed by atoms with Crippen LogP contribution in [0.3, 0.4) is 0 Å². The molecule has 19 heteroatoms. The molecule has 0 spiro atoms. The van der Waals surface area contributed by atoms with Crippen LogP contribution in [-0.2, 0) is 53.9 Å². The summed E-state index contributed by atoms with van der Waals surface area (Å²) in [7, 11) is 1.29. The van der Waals surface area contributed by atoms with Crippen LogP contribution in [-0.4, -0.2) is 148 Å². The van der Waals surface area contributed by atoms with Crippen molar-refractivity contribution in [3.63, 3.8) is 0 Å². The first-order valence-corrected chi connectivity index (χ1v) is 25.2. The van der Waals surface area contributed by atoms with Crippen LogP contribution in [0.2, 0.25) is 10.0 Å². The van der Waals surface area contributed by atoms with E-state index in [-0.39, 0.29) is 40.4 Å². The Bertz CT molecular complexity index is 2210. The fourth-order valence-corrected chi connectivity index (χ4v) is 9.23. The minimum absolute atomic E-state index is 0.0183. The van der Waals surface area contributed by atoms with E-state index in [0.29, 0.717) is 34.3 Å². The zero-order valence-corrected chi connectivity index (χ0v) is 45.1. The molecule has 0 radical (unpaired) electrons. The lowest BCUT2D eigenvalue weighted by molar-refractivity contribution is -0.333. The zero-order valence-electron chi connectivity index (χ0n) is 43.6. The number of hydrogen-bond donors (Lipinski definition) is 6. The number of cyclic esters (lactones) is 1. The highest BCUT2D eigenvalue weighted by molar-refractivity contribution is 6.38. The SMILES string of the molecule is CCc1c(Cl)c(C)c(Cl)c(O)c1C(=O)OC1C(C)OC(OC/C2=C\C=C\CC(O)/C(C)=C/C(CC)C(OC3OC(C)(C)C(O)C(O)C3OC(=O)C(C)C)/C(C)=C/C(C)=C/CC(C(C)O)OC2=O)C(OC)C1O. The number of phenolic OH excluding ortho intramolecular Hbond substituents is 1. The number of ether oxygens (including phenoxy) is 8. The number of aromatic hydroxyl groups is 1. The second kappa shape index (κ2) is 26.7. The molecule has 0 amide bonds. The van der Waals surface area contributed by atoms with Gasteiger partial charge in [0.05, 0.1) is 53.1 Å². The molecule has 72 heavy (non-hydrogen) atoms. The van der Waals surface area contributed by atoms with Crippen molar-refractivity contribution in [3.8, 4) is 5.75 Å². The van der Waals surface area contributed by atoms with E-state index in [1.807, 2.05) is 32.9 Å². The lowest BCUT2D eigenvalue weighted by Crippen LogP contribution is -2.64. The summed E-state index contributed by atoms with van der Waals surface area (Å²) >= 11 is 12.8. The molecule has 3 heterocycles. The van der Waals surface area contributed by atoms with Gasteiger partial charge in [-0.1, -0.05) is 86.9 Å². The van der Waals surface area contributed by atoms with Crippen LogP contribution >= 0.6 is 23.2 Å². The Hall–Kier alpha value is -3.69. The van der Waals surface area contributed by atoms with Crippen LogP contribution in [0.5, 0.6) is 5.75 Å². The number of aliphatic hydroxyl groups is 5. The second-order valence-corrected chi connectivity index (χ2v) is 20.4. The quantitative estimate of drug-likeness (QED) is 0.0673. The van der Waals surface area contributed by atoms with Gasteiger partial charge in [0.1, 0.15) is 41.8 Å². The van der Waals surface area contributed by atoms with E-state index in [2.05, 4.69) is 0 Å². The third-order valence-corrected chi connectivity index (χ3v) is 14.2. The van der Waals surface area contributed by atoms with Gasteiger partial charge in [-0.3, -0.25) is 4.79 Å². The maximum Gasteiger partial charge on any atom is 0.342 e. The normalized spacial score (nSPS) is 34.8. The van der Waals surface area contributed by atoms with Gasteiger partial charge in [-0.15, -0.1) is 0 Å². The Balaban J connectivity index is 1.64. The van der Waals surface area contributed by atoms with Gasteiger partial charge in [0, 0.05) is 24.5 Å². The van der Waals surface area contributed by atoms with E-state index in [0.717, 1.165) is 0 Å². The minimum atomic E-state index is -1.54. The van der Waals surface area contributed by atoms with Crippen molar-refractivity contribution >= 4 is 41.1 Å². The van der Waals surface area contributed by atoms with Crippen molar-refractivity contribution in [1.29, 1.82) is 0 Å². The second-order valence-electron chi connectivity index (χ2n) is 19.6. The molecule has 4 rings (SSSR count). The van der Waals surface area contributed by atoms with E-state index in [4.69, 9.17) is 61.1 Å². The maximum absolute atomic E-state index is 14.0. The Labute approximate surface area is 433 Å². The number of methoxy groups -OCH3 is 1. The lowest BCUT2D eigenvalue weighted by Gasteiger charge is -2.47. The van der Waals surface area contributed by atoms with Crippen molar-refractivity contribution < 1.29 is 82.9 Å². The van der Waals surface area contributed by atoms with Crippen LogP contribution in [0.15, 0.2) is 58.7 Å². The monoisotopic (exact) mass is 1050 g/mol. The average molecular weight is 1060 g/mol. The van der Waals surface area contributed by atoms with Crippen molar-refractivity contribution in [1.82, 2.24) is 0 Å². The summed E-state index contributed by atoms with van der Waals surface area (Å²) in [5, 5.41) is 67.0. The third kappa shape index (κ3) is 14.8. The molecule has 2 fully saturated rings. The molecule has 14 atom stereocenters. The van der Waals surface area contributed by atoms with Crippen LogP contribution in [0.25, 0.3) is 0 Å². The molecule has 0 aromatic heterocycles. The third-order valence-electron chi connectivity index (χ3n) is 13.3. The number of halogens is 2. The minimum Gasteiger partial charge on any atom is -0.505 e. The predicted octanol–water partition coefficient (Wildman–Crippen LogP) is 6.84. The van der Waals surface area contributed by atoms with Gasteiger partial charge in [0.25, 0.3) is 0 Å². The van der Waals surface area contributed by atoms with Crippen LogP contribution in [0.4, 0.5) is 0 Å². The lowest BCUT2D eigenvalue weighted by atomic mass is 9.88. The van der Waals surface area contributed by atoms with E-state index < -0.39 is 127 Å². The highest BCUT2D eigenvalue weighted by Crippen LogP contribution is 2.41. The molecule has 3 aliphatic rings. The fourth-order valence-electron chi connectivity index (χ4n) is 8.67. The number of rotatable bonds is 13. The smallest absolute Gasteiger partial charge is 0.342 e. The van der Waals surface area contributed by atoms with Gasteiger partial charge in [0.15, 0.2) is 24.8 Å². The van der Waals surface area contributed by atoms with Gasteiger partial charge >= 0.3 is 17.9 Å². The van der Waals surface area contributed by atoms with Gasteiger partial charge < -0.3 is 68.5 Å². The maximum atomic E-state index is 14.0. The highest BCUT2D eigenvalue weighted by atomic mass is 35.5. The molecule has 14 unspecified atom stereocenters. The number of benzene rings is 1. The van der Waals surface area contributed by atoms with E-state index in [1.54, 1.807) is 66.7 Å². The number of carbonyl (C=O) groups is 3. The molecule has 0 bridgehead atoms. The molecular weight excluding hydrogens is 979 g/mol. The Morgan fingerprint density at radius 2 is 1.58 bits per heavy atom. The summed E-state index contributed by atoms with van der Waals surface area (Å²) in [5.41, 5.74) is 1.13. The molecule has 2 saturated heterocycles. The van der Waals surface area contributed by atoms with Gasteiger partial charge in [-0.2, -0.15) is 0 Å². The molecule has 3 aliphatic heterocycles. The van der Waals surface area contributed by atoms with Gasteiger partial charge in [0.2, 0.25) is 0 Å². The highest BCUT2D eigenvalue weighted by Gasteiger charge is 2.53. The zero-order chi connectivity index (χ0) is 54.1. The number of hydrogen-bond acceptors (Lipinski definition) is 17. The predicted molar refractivity (Wildman–Crippen MR) is 268 cm³/mol. The summed E-state index contributed by atoms with van der Waals surface area (Å²) in [4.78, 5) is 40.4. The molecule has 0 aliphatic carbocycles. The summed E-state index contributed by atoms with van der Waals surface area (Å²) in [6.45, 7) is 19.8. The Morgan fingerprint density at radius 1 is 0.917 bits per heavy atom. The van der Waals surface area contributed by atoms with Crippen molar-refractivity contribution in [2.24, 2.45) is 11.8 Å². The van der Waals surface area contributed by atoms with Crippen LogP contribution in [0.1, 0.15) is 117 Å². The van der Waals surface area contributed by atoms with Crippen LogP contribution < -0.4 is 0 Å². The number of carbonyl (C=O) groups excluding carboxylic acids is 3. The van der Waals surface area contributed by atoms with E-state index in [1.165, 1.54) is 27.0 Å². The summed E-state index contributed by atoms with van der Waals surface area (Å²) in [6, 6.07) is 0. The first-order chi connectivity index (χ1) is 33.7. The molecule has 404 valence electrons. The van der Waals surface area contributed by atoms with Crippen molar-refractivity contribution in [3.05, 3.63) is 85.5 Å². The standard InChI is InChI=1S/C53H76Cl2O17/c1-14-32-23-27(6)35(57)19-17-16-18-33(24-66-51-45(65-13)41(59)44(31(10)67-51)69-50(64)37-34(15-2)38(54)29(8)39(55)40(37)58)49(63)68-36(30(9)56)21-20-26(5)22-28(7)43(32)71-52-46(70-48(62)25(3)4)42(60)47(61)53(11,12)72-52/h16-18,20,22-23,25,30-32,35-36,41-47,51-52,56-61H,14-15,19,21,24H2,1-13H3/b17-16+,26-20+,27-23+,28-22+,33-18+. The molecule has 17 nitrogen and oxygen atoms in total. The first kappa shape index (κ1) is 60.9. The number of allylic oxidation sites excluding steroid dienone is 4. The Morgan fingerprint density at radius 3 is 2.18 bits per heavy atom. The number of esters is 3. The van der Waals surface area contributed by atoms with Crippen LogP contribution in [0, 0.1) is 18.8 Å². The van der Waals surface area contributed by atoms with Gasteiger partial charge in [-0.25, -0.2) is 9.59 Å². The van der Waals surface area contributed by atoms with E-state index >= 15 is 0 Å². The average Bonchev–Trinajstić information content (AvgIpc) is 3.32. The fraction of sp³-hybridized carbons (Fsp3) is 0.642. The largest absolute Gasteiger partial charge is 0.505 e. The van der Waals surface area contributed by atoms with Gasteiger partial charge in [-0.05, 0) is 103 Å². The number of phenols is 1. The Kier molecular flexibility index (Phi) is 22.6. The first-order valence-electron chi connectivity index (χ1n) is 24.4. The molecular formula is C53H76Cl2O17. The van der Waals surface area contributed by atoms with Crippen molar-refractivity contribution in [2.45, 2.75) is 194 Å². The van der Waals surface area contributed by atoms with Crippen molar-refractivity contribution in [2.75, 3.05) is 13.7 Å². The summed E-state index contributed by atoms with van der Waals surface area (Å²) < 4.78 is 48.0. The topological polar surface area (TPSA) is 246 Å². The molecule has 1 aromatic carbocycles. The molecule has 1 aromatic rings. The molecule has 6 N–H and O–H groups in total. The summed E-state index contributed by atoms with van der Waals surface area (Å²) in [5.74, 6) is -3.91. The van der Waals surface area contributed by atoms with E-state index in [9.17, 15) is 45.0 Å². The summed E-state index contributed by atoms with van der Waals surface area (Å²) in [6.07, 6.45) is -4.88.